The van der Waals surface area contributed by atoms with Crippen LogP contribution in [0.15, 0.2) is 53.4 Å². The predicted molar refractivity (Wildman–Crippen MR) is 66.4 cm³/mol. The Kier molecular flexibility index (Phi) is 3.03. The molecule has 1 heterocycles. The number of fused-ring (bicyclic) bond motifs is 1. The Morgan fingerprint density at radius 1 is 1.22 bits per heavy atom. The first kappa shape index (κ1) is 12.5. The molecule has 0 aliphatic heterocycles. The van der Waals surface area contributed by atoms with Gasteiger partial charge in [-0.15, -0.1) is 12.1 Å². The molecular formula is C12H10BF3NO-. The van der Waals surface area contributed by atoms with Crippen LogP contribution in [0.4, 0.5) is 12.9 Å². The summed E-state index contributed by atoms with van der Waals surface area (Å²) >= 11 is 0. The third-order valence-corrected chi connectivity index (χ3v) is 2.72. The molecule has 6 heteroatoms. The first-order valence-corrected chi connectivity index (χ1v) is 5.35. The number of allylic oxidation sites excluding steroid dienone is 1. The number of hydrogen-bond acceptors (Lipinski definition) is 1. The number of nitrogens with zero attached hydrogens (tertiary/aromatic N) is 1. The van der Waals surface area contributed by atoms with E-state index in [9.17, 15) is 17.7 Å². The highest BCUT2D eigenvalue weighted by molar-refractivity contribution is 6.66. The Labute approximate surface area is 101 Å². The van der Waals surface area contributed by atoms with E-state index in [4.69, 9.17) is 0 Å². The molecule has 0 atom stereocenters. The van der Waals surface area contributed by atoms with E-state index in [-0.39, 0.29) is 0 Å². The minimum atomic E-state index is -5.11. The number of halogens is 3. The van der Waals surface area contributed by atoms with Crippen LogP contribution in [0.2, 0.25) is 0 Å². The standard InChI is InChI=1S/C12H10BF3NO/c1-9(13(14,15)16)8-17-7-6-10-4-2-3-5-11(10)12(17)18/h2-7H,1,8H2/q-1. The van der Waals surface area contributed by atoms with E-state index in [0.29, 0.717) is 10.8 Å². The average Bonchev–Trinajstić information content (AvgIpc) is 2.32. The molecule has 2 rings (SSSR count). The maximum absolute atomic E-state index is 12.4. The second kappa shape index (κ2) is 4.36. The van der Waals surface area contributed by atoms with E-state index in [0.717, 1.165) is 4.57 Å². The minimum absolute atomic E-state index is 0.405. The summed E-state index contributed by atoms with van der Waals surface area (Å²) in [5.74, 6) is 0. The van der Waals surface area contributed by atoms with Crippen molar-refractivity contribution in [2.75, 3.05) is 0 Å². The fourth-order valence-electron chi connectivity index (χ4n) is 1.68. The lowest BCUT2D eigenvalue weighted by Crippen LogP contribution is -2.27. The van der Waals surface area contributed by atoms with Crippen molar-refractivity contribution in [3.05, 3.63) is 58.9 Å². The fraction of sp³-hybridized carbons (Fsp3) is 0.0833. The Hall–Kier alpha value is -1.98. The lowest BCUT2D eigenvalue weighted by molar-refractivity contribution is 0.482. The topological polar surface area (TPSA) is 22.0 Å². The van der Waals surface area contributed by atoms with Gasteiger partial charge in [0.25, 0.3) is 5.56 Å². The molecule has 0 aliphatic carbocycles. The van der Waals surface area contributed by atoms with Crippen molar-refractivity contribution in [1.82, 2.24) is 4.57 Å². The quantitative estimate of drug-likeness (QED) is 0.769. The molecule has 2 aromatic rings. The van der Waals surface area contributed by atoms with Crippen molar-refractivity contribution < 1.29 is 12.9 Å². The monoisotopic (exact) mass is 252 g/mol. The van der Waals surface area contributed by atoms with E-state index in [1.54, 1.807) is 30.3 Å². The van der Waals surface area contributed by atoms with Crippen molar-refractivity contribution in [2.24, 2.45) is 0 Å². The van der Waals surface area contributed by atoms with Crippen LogP contribution in [0.25, 0.3) is 10.8 Å². The summed E-state index contributed by atoms with van der Waals surface area (Å²) in [6.45, 7) is -2.65. The summed E-state index contributed by atoms with van der Waals surface area (Å²) < 4.78 is 38.3. The lowest BCUT2D eigenvalue weighted by Gasteiger charge is -2.18. The number of pyridine rings is 1. The van der Waals surface area contributed by atoms with Crippen LogP contribution in [0.5, 0.6) is 0 Å². The third-order valence-electron chi connectivity index (χ3n) is 2.72. The zero-order valence-electron chi connectivity index (χ0n) is 9.45. The number of hydrogen-bond donors (Lipinski definition) is 0. The summed E-state index contributed by atoms with van der Waals surface area (Å²) in [5, 5.41) is 1.12. The largest absolute Gasteiger partial charge is 0.506 e. The molecule has 0 spiro atoms. The molecular weight excluding hydrogens is 242 g/mol. The number of aromatic nitrogens is 1. The normalized spacial score (nSPS) is 11.7. The van der Waals surface area contributed by atoms with E-state index < -0.39 is 24.6 Å². The van der Waals surface area contributed by atoms with Gasteiger partial charge in [-0.3, -0.25) is 4.79 Å². The summed E-state index contributed by atoms with van der Waals surface area (Å²) in [4.78, 5) is 12.0. The zero-order valence-corrected chi connectivity index (χ0v) is 9.45. The van der Waals surface area contributed by atoms with Crippen LogP contribution in [0.1, 0.15) is 0 Å². The first-order valence-electron chi connectivity index (χ1n) is 5.35. The molecule has 0 aliphatic rings. The zero-order chi connectivity index (χ0) is 13.3. The Bertz CT molecular complexity index is 660. The average molecular weight is 252 g/mol. The molecule has 1 aromatic heterocycles. The molecule has 18 heavy (non-hydrogen) atoms. The summed E-state index contributed by atoms with van der Waals surface area (Å²) in [6.07, 6.45) is 1.36. The molecule has 0 N–H and O–H groups in total. The highest BCUT2D eigenvalue weighted by atomic mass is 19.4. The Morgan fingerprint density at radius 3 is 2.56 bits per heavy atom. The van der Waals surface area contributed by atoms with Gasteiger partial charge in [-0.2, -0.15) is 0 Å². The fourth-order valence-corrected chi connectivity index (χ4v) is 1.68. The third kappa shape index (κ3) is 2.32. The van der Waals surface area contributed by atoms with Gasteiger partial charge < -0.3 is 17.5 Å². The minimum Gasteiger partial charge on any atom is -0.445 e. The molecule has 0 bridgehead atoms. The van der Waals surface area contributed by atoms with Crippen LogP contribution in [-0.2, 0) is 6.54 Å². The summed E-state index contributed by atoms with van der Waals surface area (Å²) in [6, 6.07) is 8.40. The maximum atomic E-state index is 12.4. The molecule has 0 saturated carbocycles. The molecule has 2 nitrogen and oxygen atoms in total. The molecule has 94 valence electrons. The molecule has 0 saturated heterocycles. The van der Waals surface area contributed by atoms with Crippen LogP contribution in [0.3, 0.4) is 0 Å². The molecule has 0 amide bonds. The SMILES string of the molecule is C=C(Cn1ccc2ccccc2c1=O)[B-](F)(F)F. The highest BCUT2D eigenvalue weighted by Crippen LogP contribution is 2.19. The number of benzene rings is 1. The van der Waals surface area contributed by atoms with Gasteiger partial charge in [-0.05, 0) is 17.5 Å². The van der Waals surface area contributed by atoms with E-state index in [1.807, 2.05) is 0 Å². The van der Waals surface area contributed by atoms with Crippen molar-refractivity contribution in [2.45, 2.75) is 6.54 Å². The van der Waals surface area contributed by atoms with Gasteiger partial charge >= 0.3 is 6.98 Å². The highest BCUT2D eigenvalue weighted by Gasteiger charge is 2.26. The lowest BCUT2D eigenvalue weighted by atomic mass is 9.80. The predicted octanol–water partition coefficient (Wildman–Crippen LogP) is 2.94. The Balaban J connectivity index is 2.45. The van der Waals surface area contributed by atoms with Crippen molar-refractivity contribution in [3.63, 3.8) is 0 Å². The first-order chi connectivity index (χ1) is 8.39. The molecule has 0 radical (unpaired) electrons. The molecule has 0 unspecified atom stereocenters. The van der Waals surface area contributed by atoms with Crippen LogP contribution in [0, 0.1) is 0 Å². The van der Waals surface area contributed by atoms with Gasteiger partial charge in [0.1, 0.15) is 0 Å². The van der Waals surface area contributed by atoms with Gasteiger partial charge in [-0.1, -0.05) is 18.2 Å². The van der Waals surface area contributed by atoms with Crippen LogP contribution >= 0.6 is 0 Å². The Morgan fingerprint density at radius 2 is 1.89 bits per heavy atom. The summed E-state index contributed by atoms with van der Waals surface area (Å²) in [7, 11) is 0. The number of rotatable bonds is 3. The van der Waals surface area contributed by atoms with E-state index in [2.05, 4.69) is 6.58 Å². The van der Waals surface area contributed by atoms with Crippen molar-refractivity contribution >= 4 is 17.7 Å². The van der Waals surface area contributed by atoms with Gasteiger partial charge in [0.2, 0.25) is 0 Å². The van der Waals surface area contributed by atoms with Gasteiger partial charge in [-0.25, -0.2) is 0 Å². The maximum Gasteiger partial charge on any atom is 0.506 e. The van der Waals surface area contributed by atoms with Crippen LogP contribution in [-0.4, -0.2) is 11.5 Å². The van der Waals surface area contributed by atoms with Gasteiger partial charge in [0.15, 0.2) is 0 Å². The molecule has 0 fully saturated rings. The second-order valence-electron chi connectivity index (χ2n) is 4.07. The van der Waals surface area contributed by atoms with Crippen molar-refractivity contribution in [1.29, 1.82) is 0 Å². The van der Waals surface area contributed by atoms with Gasteiger partial charge in [0, 0.05) is 18.1 Å². The molecule has 1 aromatic carbocycles. The second-order valence-corrected chi connectivity index (χ2v) is 4.07. The van der Waals surface area contributed by atoms with Crippen molar-refractivity contribution in [3.8, 4) is 0 Å². The van der Waals surface area contributed by atoms with E-state index in [1.165, 1.54) is 6.20 Å². The van der Waals surface area contributed by atoms with E-state index >= 15 is 0 Å². The van der Waals surface area contributed by atoms with Crippen LogP contribution < -0.4 is 5.56 Å². The summed E-state index contributed by atoms with van der Waals surface area (Å²) in [5.41, 5.74) is -1.32. The van der Waals surface area contributed by atoms with Gasteiger partial charge in [0.05, 0.1) is 0 Å². The smallest absolute Gasteiger partial charge is 0.445 e.